The van der Waals surface area contributed by atoms with Crippen molar-refractivity contribution in [2.45, 2.75) is 26.4 Å². The summed E-state index contributed by atoms with van der Waals surface area (Å²) < 4.78 is 10.1. The van der Waals surface area contributed by atoms with Crippen molar-refractivity contribution in [3.8, 4) is 0 Å². The highest BCUT2D eigenvalue weighted by atomic mass is 16.5. The number of carbonyl (C=O) groups is 1. The molecule has 0 radical (unpaired) electrons. The summed E-state index contributed by atoms with van der Waals surface area (Å²) in [4.78, 5) is 13.5. The molecule has 2 atom stereocenters. The number of methoxy groups -OCH3 is 1. The Bertz CT molecular complexity index is 310. The van der Waals surface area contributed by atoms with Gasteiger partial charge in [-0.2, -0.15) is 0 Å². The quantitative estimate of drug-likeness (QED) is 0.600. The first-order valence-electron chi connectivity index (χ1n) is 7.13. The minimum atomic E-state index is -0.735. The number of hydrogen-bond donors (Lipinski definition) is 2. The predicted molar refractivity (Wildman–Crippen MR) is 74.7 cm³/mol. The average molecular weight is 289 g/mol. The lowest BCUT2D eigenvalue weighted by molar-refractivity contribution is -0.151. The van der Waals surface area contributed by atoms with E-state index < -0.39 is 17.5 Å². The van der Waals surface area contributed by atoms with Gasteiger partial charge in [-0.25, -0.2) is 0 Å². The van der Waals surface area contributed by atoms with Gasteiger partial charge in [-0.1, -0.05) is 13.8 Å². The fourth-order valence-electron chi connectivity index (χ4n) is 2.68. The molecule has 1 rings (SSSR count). The average Bonchev–Trinajstić information content (AvgIpc) is 2.80. The molecule has 0 bridgehead atoms. The molecule has 2 N–H and O–H groups in total. The molecule has 0 amide bonds. The molecule has 1 aliphatic heterocycles. The van der Waals surface area contributed by atoms with E-state index in [2.05, 4.69) is 0 Å². The zero-order chi connectivity index (χ0) is 15.2. The third-order valence-electron chi connectivity index (χ3n) is 4.12. The van der Waals surface area contributed by atoms with E-state index in [1.54, 1.807) is 7.11 Å². The second-order valence-corrected chi connectivity index (χ2v) is 5.82. The van der Waals surface area contributed by atoms with Crippen LogP contribution in [-0.4, -0.2) is 73.8 Å². The smallest absolute Gasteiger partial charge is 0.311 e. The first-order valence-corrected chi connectivity index (χ1v) is 7.13. The SMILES string of the molecule is COCCOCC(O)CN1CCC(C(=O)O)(C(C)C)C1. The largest absolute Gasteiger partial charge is 0.481 e. The Kier molecular flexibility index (Phi) is 6.88. The molecule has 2 unspecified atom stereocenters. The van der Waals surface area contributed by atoms with Gasteiger partial charge in [0, 0.05) is 20.2 Å². The van der Waals surface area contributed by atoms with Crippen LogP contribution in [0, 0.1) is 11.3 Å². The van der Waals surface area contributed by atoms with Gasteiger partial charge in [-0.05, 0) is 18.9 Å². The zero-order valence-electron chi connectivity index (χ0n) is 12.7. The van der Waals surface area contributed by atoms with Crippen molar-refractivity contribution in [1.82, 2.24) is 4.90 Å². The van der Waals surface area contributed by atoms with Gasteiger partial charge < -0.3 is 19.7 Å². The van der Waals surface area contributed by atoms with Crippen LogP contribution in [-0.2, 0) is 14.3 Å². The third kappa shape index (κ3) is 4.41. The number of carboxylic acid groups (broad SMARTS) is 1. The minimum Gasteiger partial charge on any atom is -0.481 e. The van der Waals surface area contributed by atoms with Crippen molar-refractivity contribution >= 4 is 5.97 Å². The Hall–Kier alpha value is -0.690. The first kappa shape index (κ1) is 17.4. The molecule has 20 heavy (non-hydrogen) atoms. The molecule has 0 aliphatic carbocycles. The van der Waals surface area contributed by atoms with Gasteiger partial charge in [0.25, 0.3) is 0 Å². The Morgan fingerprint density at radius 1 is 1.40 bits per heavy atom. The number of aliphatic hydroxyl groups is 1. The number of aliphatic hydroxyl groups excluding tert-OH is 1. The Morgan fingerprint density at radius 3 is 2.60 bits per heavy atom. The summed E-state index contributed by atoms with van der Waals surface area (Å²) in [6, 6.07) is 0. The maximum absolute atomic E-state index is 11.5. The summed E-state index contributed by atoms with van der Waals surface area (Å²) in [7, 11) is 1.60. The molecular formula is C14H27NO5. The monoisotopic (exact) mass is 289 g/mol. The summed E-state index contributed by atoms with van der Waals surface area (Å²) in [5.41, 5.74) is -0.684. The van der Waals surface area contributed by atoms with Gasteiger partial charge >= 0.3 is 5.97 Å². The van der Waals surface area contributed by atoms with E-state index in [4.69, 9.17) is 9.47 Å². The molecule has 118 valence electrons. The fraction of sp³-hybridized carbons (Fsp3) is 0.929. The summed E-state index contributed by atoms with van der Waals surface area (Å²) >= 11 is 0. The molecule has 0 aromatic carbocycles. The van der Waals surface area contributed by atoms with Crippen LogP contribution in [0.5, 0.6) is 0 Å². The highest BCUT2D eigenvalue weighted by Crippen LogP contribution is 2.38. The van der Waals surface area contributed by atoms with Crippen LogP contribution in [0.3, 0.4) is 0 Å². The molecule has 1 heterocycles. The van der Waals surface area contributed by atoms with E-state index in [1.807, 2.05) is 18.7 Å². The second kappa shape index (κ2) is 7.93. The van der Waals surface area contributed by atoms with Crippen LogP contribution in [0.4, 0.5) is 0 Å². The summed E-state index contributed by atoms with van der Waals surface area (Å²) in [6.07, 6.45) is 0.0423. The number of β-amino-alcohol motifs (C(OH)–C–C–N with tert-alkyl or cyclic N) is 1. The molecule has 1 saturated heterocycles. The van der Waals surface area contributed by atoms with Crippen molar-refractivity contribution in [3.63, 3.8) is 0 Å². The Balaban J connectivity index is 2.38. The van der Waals surface area contributed by atoms with E-state index in [1.165, 1.54) is 0 Å². The van der Waals surface area contributed by atoms with Gasteiger partial charge in [0.2, 0.25) is 0 Å². The first-order chi connectivity index (χ1) is 9.42. The minimum absolute atomic E-state index is 0.0834. The van der Waals surface area contributed by atoms with Crippen molar-refractivity contribution in [2.24, 2.45) is 11.3 Å². The van der Waals surface area contributed by atoms with E-state index >= 15 is 0 Å². The van der Waals surface area contributed by atoms with Crippen molar-refractivity contribution in [1.29, 1.82) is 0 Å². The van der Waals surface area contributed by atoms with Crippen LogP contribution >= 0.6 is 0 Å². The molecule has 6 heteroatoms. The number of carboxylic acids is 1. The predicted octanol–water partition coefficient (Wildman–Crippen LogP) is 0.443. The van der Waals surface area contributed by atoms with Crippen LogP contribution in [0.1, 0.15) is 20.3 Å². The lowest BCUT2D eigenvalue weighted by Crippen LogP contribution is -2.41. The van der Waals surface area contributed by atoms with Gasteiger partial charge in [0.15, 0.2) is 0 Å². The van der Waals surface area contributed by atoms with Gasteiger partial charge in [-0.3, -0.25) is 9.69 Å². The topological polar surface area (TPSA) is 79.2 Å². The standard InChI is InChI=1S/C14H27NO5/c1-11(2)14(13(17)18)4-5-15(10-14)8-12(16)9-20-7-6-19-3/h11-12,16H,4-10H2,1-3H3,(H,17,18). The number of rotatable bonds is 9. The second-order valence-electron chi connectivity index (χ2n) is 5.82. The number of nitrogens with zero attached hydrogens (tertiary/aromatic N) is 1. The van der Waals surface area contributed by atoms with Crippen molar-refractivity contribution in [2.75, 3.05) is 46.6 Å². The molecule has 0 aromatic heterocycles. The van der Waals surface area contributed by atoms with Gasteiger partial charge in [0.05, 0.1) is 31.3 Å². The maximum Gasteiger partial charge on any atom is 0.311 e. The van der Waals surface area contributed by atoms with E-state index in [0.717, 1.165) is 0 Å². The van der Waals surface area contributed by atoms with E-state index in [9.17, 15) is 15.0 Å². The highest BCUT2D eigenvalue weighted by molar-refractivity contribution is 5.75. The Morgan fingerprint density at radius 2 is 2.10 bits per heavy atom. The molecule has 1 fully saturated rings. The summed E-state index contributed by atoms with van der Waals surface area (Å²) in [6.45, 7) is 6.76. The summed E-state index contributed by atoms with van der Waals surface area (Å²) in [5.74, 6) is -0.652. The Labute approximate surface area is 120 Å². The van der Waals surface area contributed by atoms with E-state index in [-0.39, 0.29) is 12.5 Å². The normalized spacial score (nSPS) is 25.2. The van der Waals surface area contributed by atoms with Crippen LogP contribution in [0.25, 0.3) is 0 Å². The molecule has 1 aliphatic rings. The molecular weight excluding hydrogens is 262 g/mol. The van der Waals surface area contributed by atoms with Crippen molar-refractivity contribution in [3.05, 3.63) is 0 Å². The fourth-order valence-corrected chi connectivity index (χ4v) is 2.68. The zero-order valence-corrected chi connectivity index (χ0v) is 12.7. The molecule has 0 spiro atoms. The third-order valence-corrected chi connectivity index (χ3v) is 4.12. The van der Waals surface area contributed by atoms with Crippen LogP contribution in [0.15, 0.2) is 0 Å². The van der Waals surface area contributed by atoms with E-state index in [0.29, 0.717) is 39.3 Å². The highest BCUT2D eigenvalue weighted by Gasteiger charge is 2.47. The number of ether oxygens (including phenoxy) is 2. The lowest BCUT2D eigenvalue weighted by Gasteiger charge is -2.29. The number of likely N-dealkylation sites (tertiary alicyclic amines) is 1. The number of aliphatic carboxylic acids is 1. The lowest BCUT2D eigenvalue weighted by atomic mass is 9.76. The van der Waals surface area contributed by atoms with Crippen molar-refractivity contribution < 1.29 is 24.5 Å². The van der Waals surface area contributed by atoms with Crippen LogP contribution in [0.2, 0.25) is 0 Å². The summed E-state index contributed by atoms with van der Waals surface area (Å²) in [5, 5.41) is 19.4. The maximum atomic E-state index is 11.5. The van der Waals surface area contributed by atoms with Gasteiger partial charge in [-0.15, -0.1) is 0 Å². The molecule has 0 aromatic rings. The molecule has 6 nitrogen and oxygen atoms in total. The number of hydrogen-bond acceptors (Lipinski definition) is 5. The molecule has 0 saturated carbocycles. The van der Waals surface area contributed by atoms with Gasteiger partial charge in [0.1, 0.15) is 0 Å². The van der Waals surface area contributed by atoms with Crippen LogP contribution < -0.4 is 0 Å².